The monoisotopic (exact) mass is 200 g/mol. The minimum Gasteiger partial charge on any atom is -0.467 e. The van der Waals surface area contributed by atoms with E-state index in [4.69, 9.17) is 0 Å². The summed E-state index contributed by atoms with van der Waals surface area (Å²) in [6, 6.07) is -0.902. The van der Waals surface area contributed by atoms with Crippen LogP contribution in [-0.4, -0.2) is 43.7 Å². The number of methoxy groups -OCH3 is 2. The van der Waals surface area contributed by atoms with Gasteiger partial charge in [0.15, 0.2) is 0 Å². The Kier molecular flexibility index (Phi) is 3.10. The number of esters is 1. The summed E-state index contributed by atoms with van der Waals surface area (Å²) in [5, 5.41) is 11.0. The Balaban J connectivity index is 2.61. The Morgan fingerprint density at radius 3 is 2.50 bits per heavy atom. The lowest BCUT2D eigenvalue weighted by molar-refractivity contribution is -0.140. The molecule has 14 heavy (non-hydrogen) atoms. The second-order valence-electron chi connectivity index (χ2n) is 2.20. The zero-order valence-corrected chi connectivity index (χ0v) is 7.58. The molecule has 0 saturated carbocycles. The summed E-state index contributed by atoms with van der Waals surface area (Å²) < 4.78 is 8.71. The molecule has 8 heteroatoms. The van der Waals surface area contributed by atoms with Crippen molar-refractivity contribution in [3.63, 3.8) is 0 Å². The lowest BCUT2D eigenvalue weighted by Crippen LogP contribution is -2.29. The predicted molar refractivity (Wildman–Crippen MR) is 43.4 cm³/mol. The van der Waals surface area contributed by atoms with Crippen LogP contribution in [0.25, 0.3) is 0 Å². The van der Waals surface area contributed by atoms with Gasteiger partial charge >= 0.3 is 12.1 Å². The van der Waals surface area contributed by atoms with Gasteiger partial charge in [-0.1, -0.05) is 5.12 Å². The Hall–Kier alpha value is -1.99. The molecule has 76 valence electrons. The number of ether oxygens (including phenoxy) is 2. The normalized spacial score (nSPS) is 19.3. The maximum atomic E-state index is 10.9. The maximum Gasteiger partial charge on any atom is 0.453 e. The lowest BCUT2D eigenvalue weighted by Gasteiger charge is -2.13. The van der Waals surface area contributed by atoms with Crippen molar-refractivity contribution in [1.29, 1.82) is 0 Å². The first-order valence-electron chi connectivity index (χ1n) is 3.60. The minimum atomic E-state index is -0.902. The van der Waals surface area contributed by atoms with Crippen molar-refractivity contribution in [3.8, 4) is 0 Å². The number of nitrogens with zero attached hydrogens (tertiary/aromatic N) is 4. The predicted octanol–water partition coefficient (Wildman–Crippen LogP) is -0.0370. The van der Waals surface area contributed by atoms with E-state index in [-0.39, 0.29) is 0 Å². The van der Waals surface area contributed by atoms with Gasteiger partial charge in [0, 0.05) is 0 Å². The molecule has 8 nitrogen and oxygen atoms in total. The van der Waals surface area contributed by atoms with Crippen molar-refractivity contribution in [2.45, 2.75) is 6.04 Å². The summed E-state index contributed by atoms with van der Waals surface area (Å²) >= 11 is 0. The standard InChI is InChI=1S/C6H8N4O4/c1-13-5(11)4-3-7-10(9-8-4)6(12)14-2/h3-4H,1-2H3. The largest absolute Gasteiger partial charge is 0.467 e. The molecule has 1 unspecified atom stereocenters. The summed E-state index contributed by atoms with van der Waals surface area (Å²) in [6.45, 7) is 0. The molecule has 0 spiro atoms. The van der Waals surface area contributed by atoms with Crippen LogP contribution in [-0.2, 0) is 14.3 Å². The van der Waals surface area contributed by atoms with Gasteiger partial charge in [-0.25, -0.2) is 9.59 Å². The summed E-state index contributed by atoms with van der Waals surface area (Å²) in [5.41, 5.74) is 0. The molecule has 0 N–H and O–H groups in total. The van der Waals surface area contributed by atoms with E-state index >= 15 is 0 Å². The van der Waals surface area contributed by atoms with Gasteiger partial charge in [0.1, 0.15) is 0 Å². The highest BCUT2D eigenvalue weighted by Gasteiger charge is 2.23. The molecule has 1 aliphatic heterocycles. The first-order chi connectivity index (χ1) is 6.69. The summed E-state index contributed by atoms with van der Waals surface area (Å²) in [4.78, 5) is 21.7. The van der Waals surface area contributed by atoms with E-state index in [1.807, 2.05) is 0 Å². The van der Waals surface area contributed by atoms with Gasteiger partial charge in [0.05, 0.1) is 20.4 Å². The molecule has 1 rings (SSSR count). The quantitative estimate of drug-likeness (QED) is 0.555. The molecule has 0 aromatic carbocycles. The fraction of sp³-hybridized carbons (Fsp3) is 0.500. The van der Waals surface area contributed by atoms with Crippen molar-refractivity contribution in [2.24, 2.45) is 15.4 Å². The molecular formula is C6H8N4O4. The number of rotatable bonds is 1. The molecule has 1 atom stereocenters. The molecule has 0 bridgehead atoms. The first kappa shape index (κ1) is 10.1. The van der Waals surface area contributed by atoms with Gasteiger partial charge in [0.25, 0.3) is 0 Å². The van der Waals surface area contributed by atoms with E-state index in [9.17, 15) is 9.59 Å². The van der Waals surface area contributed by atoms with Crippen LogP contribution in [0.4, 0.5) is 4.79 Å². The van der Waals surface area contributed by atoms with Gasteiger partial charge in [-0.15, -0.1) is 5.11 Å². The minimum absolute atomic E-state index is 0.595. The fourth-order valence-electron chi connectivity index (χ4n) is 0.678. The van der Waals surface area contributed by atoms with Crippen LogP contribution in [0.15, 0.2) is 15.4 Å². The van der Waals surface area contributed by atoms with E-state index < -0.39 is 18.1 Å². The third kappa shape index (κ3) is 2.03. The third-order valence-corrected chi connectivity index (χ3v) is 1.36. The van der Waals surface area contributed by atoms with Crippen LogP contribution < -0.4 is 0 Å². The van der Waals surface area contributed by atoms with Crippen LogP contribution in [0.2, 0.25) is 0 Å². The van der Waals surface area contributed by atoms with Crippen LogP contribution in [0.5, 0.6) is 0 Å². The van der Waals surface area contributed by atoms with Crippen LogP contribution in [0, 0.1) is 0 Å². The summed E-state index contributed by atoms with van der Waals surface area (Å²) in [6.07, 6.45) is 0.351. The van der Waals surface area contributed by atoms with E-state index in [1.54, 1.807) is 0 Å². The van der Waals surface area contributed by atoms with E-state index in [0.29, 0.717) is 5.12 Å². The highest BCUT2D eigenvalue weighted by Crippen LogP contribution is 2.05. The second kappa shape index (κ2) is 4.30. The smallest absolute Gasteiger partial charge is 0.453 e. The zero-order valence-electron chi connectivity index (χ0n) is 7.58. The molecule has 1 heterocycles. The molecule has 0 radical (unpaired) electrons. The first-order valence-corrected chi connectivity index (χ1v) is 3.60. The molecule has 1 aliphatic rings. The van der Waals surface area contributed by atoms with Crippen LogP contribution in [0.3, 0.4) is 0 Å². The van der Waals surface area contributed by atoms with Crippen LogP contribution >= 0.6 is 0 Å². The average Bonchev–Trinajstić information content (AvgIpc) is 2.27. The van der Waals surface area contributed by atoms with Crippen molar-refractivity contribution in [3.05, 3.63) is 0 Å². The number of carbonyl (C=O) groups is 2. The molecule has 1 amide bonds. The summed E-state index contributed by atoms with van der Waals surface area (Å²) in [7, 11) is 2.40. The number of hydrogen-bond donors (Lipinski definition) is 0. The Bertz CT molecular complexity index is 258. The van der Waals surface area contributed by atoms with Gasteiger partial charge in [0.2, 0.25) is 6.04 Å². The Labute approximate surface area is 79.2 Å². The van der Waals surface area contributed by atoms with E-state index in [1.165, 1.54) is 14.2 Å². The number of hydrazone groups is 1. The van der Waals surface area contributed by atoms with Gasteiger partial charge in [-0.05, 0) is 5.22 Å². The molecule has 0 aliphatic carbocycles. The van der Waals surface area contributed by atoms with Crippen molar-refractivity contribution in [2.75, 3.05) is 14.2 Å². The third-order valence-electron chi connectivity index (χ3n) is 1.36. The van der Waals surface area contributed by atoms with Gasteiger partial charge in [-0.2, -0.15) is 5.10 Å². The van der Waals surface area contributed by atoms with Crippen molar-refractivity contribution in [1.82, 2.24) is 5.12 Å². The maximum absolute atomic E-state index is 10.9. The average molecular weight is 200 g/mol. The molecule has 0 aromatic rings. The zero-order chi connectivity index (χ0) is 10.6. The fourth-order valence-corrected chi connectivity index (χ4v) is 0.678. The molecule has 0 aromatic heterocycles. The van der Waals surface area contributed by atoms with Gasteiger partial charge < -0.3 is 9.47 Å². The highest BCUT2D eigenvalue weighted by molar-refractivity contribution is 5.94. The topological polar surface area (TPSA) is 92.9 Å². The van der Waals surface area contributed by atoms with E-state index in [2.05, 4.69) is 24.9 Å². The van der Waals surface area contributed by atoms with Crippen molar-refractivity contribution < 1.29 is 19.1 Å². The Morgan fingerprint density at radius 2 is 2.07 bits per heavy atom. The summed E-state index contributed by atoms with van der Waals surface area (Å²) in [5.74, 6) is -0.595. The number of amides is 1. The molecule has 0 fully saturated rings. The van der Waals surface area contributed by atoms with E-state index in [0.717, 1.165) is 6.21 Å². The number of hydrogen-bond acceptors (Lipinski definition) is 7. The SMILES string of the molecule is COC(=O)C1C=NN(C(=O)OC)N=N1. The van der Waals surface area contributed by atoms with Gasteiger partial charge in [-0.3, -0.25) is 0 Å². The Morgan fingerprint density at radius 1 is 1.36 bits per heavy atom. The molecule has 0 saturated heterocycles. The lowest BCUT2D eigenvalue weighted by atomic mass is 10.3. The molecular weight excluding hydrogens is 192 g/mol. The number of carbonyl (C=O) groups excluding carboxylic acids is 2. The van der Waals surface area contributed by atoms with Crippen LogP contribution in [0.1, 0.15) is 0 Å². The second-order valence-corrected chi connectivity index (χ2v) is 2.20. The van der Waals surface area contributed by atoms with Crippen molar-refractivity contribution >= 4 is 18.3 Å². The highest BCUT2D eigenvalue weighted by atomic mass is 16.6.